The van der Waals surface area contributed by atoms with E-state index in [4.69, 9.17) is 51.1 Å². The minimum Gasteiger partial charge on any atom is -0.486 e. The van der Waals surface area contributed by atoms with Crippen molar-refractivity contribution < 1.29 is 9.13 Å². The molecular formula is C22H14Cl4FN3O. The minimum atomic E-state index is -0.529. The van der Waals surface area contributed by atoms with Gasteiger partial charge in [0.2, 0.25) is 0 Å². The molecule has 0 amide bonds. The molecule has 1 heterocycles. The molecule has 4 nitrogen and oxygen atoms in total. The van der Waals surface area contributed by atoms with Gasteiger partial charge < -0.3 is 4.74 Å². The molecule has 0 fully saturated rings. The SMILES string of the molecule is Cc1cc(OCc2nnc(-c3ccc(Cl)cc3Cl)n2-c2ccc(F)c(Cl)c2)ccc1Cl. The Balaban J connectivity index is 1.78. The molecular weight excluding hydrogens is 483 g/mol. The van der Waals surface area contributed by atoms with Crippen molar-refractivity contribution in [3.8, 4) is 22.8 Å². The van der Waals surface area contributed by atoms with E-state index in [1.54, 1.807) is 41.0 Å². The van der Waals surface area contributed by atoms with Gasteiger partial charge in [0.25, 0.3) is 0 Å². The fourth-order valence-corrected chi connectivity index (χ4v) is 3.79. The Kier molecular flexibility index (Phi) is 6.39. The Morgan fingerprint density at radius 1 is 0.871 bits per heavy atom. The van der Waals surface area contributed by atoms with Crippen molar-refractivity contribution >= 4 is 46.4 Å². The highest BCUT2D eigenvalue weighted by molar-refractivity contribution is 6.36. The molecule has 31 heavy (non-hydrogen) atoms. The van der Waals surface area contributed by atoms with Gasteiger partial charge >= 0.3 is 0 Å². The van der Waals surface area contributed by atoms with Gasteiger partial charge in [0.15, 0.2) is 11.6 Å². The summed E-state index contributed by atoms with van der Waals surface area (Å²) in [5.74, 6) is 1.00. The number of ether oxygens (including phenoxy) is 1. The summed E-state index contributed by atoms with van der Waals surface area (Å²) in [5.41, 5.74) is 2.05. The molecule has 1 aromatic heterocycles. The Morgan fingerprint density at radius 2 is 1.68 bits per heavy atom. The van der Waals surface area contributed by atoms with Crippen LogP contribution in [0.1, 0.15) is 11.4 Å². The third-order valence-corrected chi connectivity index (χ3v) is 5.82. The lowest BCUT2D eigenvalue weighted by molar-refractivity contribution is 0.293. The molecule has 158 valence electrons. The van der Waals surface area contributed by atoms with Crippen molar-refractivity contribution in [1.82, 2.24) is 14.8 Å². The van der Waals surface area contributed by atoms with Crippen molar-refractivity contribution in [1.29, 1.82) is 0 Å². The van der Waals surface area contributed by atoms with E-state index < -0.39 is 5.82 Å². The zero-order valence-corrected chi connectivity index (χ0v) is 19.1. The Hall–Kier alpha value is -2.31. The van der Waals surface area contributed by atoms with Gasteiger partial charge in [-0.2, -0.15) is 0 Å². The van der Waals surface area contributed by atoms with Crippen molar-refractivity contribution in [3.63, 3.8) is 0 Å². The molecule has 0 atom stereocenters. The number of halogens is 5. The molecule has 4 rings (SSSR count). The average Bonchev–Trinajstić information content (AvgIpc) is 3.14. The zero-order valence-electron chi connectivity index (χ0n) is 16.0. The molecule has 4 aromatic rings. The van der Waals surface area contributed by atoms with Crippen LogP contribution in [0, 0.1) is 12.7 Å². The van der Waals surface area contributed by atoms with E-state index in [0.717, 1.165) is 5.56 Å². The van der Waals surface area contributed by atoms with Gasteiger partial charge in [-0.1, -0.05) is 46.4 Å². The largest absolute Gasteiger partial charge is 0.486 e. The number of hydrogen-bond donors (Lipinski definition) is 0. The van der Waals surface area contributed by atoms with E-state index >= 15 is 0 Å². The lowest BCUT2D eigenvalue weighted by Gasteiger charge is -2.13. The summed E-state index contributed by atoms with van der Waals surface area (Å²) in [6, 6.07) is 14.7. The van der Waals surface area contributed by atoms with E-state index in [1.807, 2.05) is 13.0 Å². The smallest absolute Gasteiger partial charge is 0.175 e. The molecule has 3 aromatic carbocycles. The van der Waals surface area contributed by atoms with Crippen LogP contribution in [0.5, 0.6) is 5.75 Å². The first-order valence-electron chi connectivity index (χ1n) is 9.07. The Bertz CT molecular complexity index is 1280. The van der Waals surface area contributed by atoms with E-state index in [9.17, 15) is 4.39 Å². The lowest BCUT2D eigenvalue weighted by atomic mass is 10.2. The number of benzene rings is 3. The summed E-state index contributed by atoms with van der Waals surface area (Å²) in [4.78, 5) is 0. The fraction of sp³-hybridized carbons (Fsp3) is 0.0909. The summed E-state index contributed by atoms with van der Waals surface area (Å²) >= 11 is 24.5. The third kappa shape index (κ3) is 4.65. The summed E-state index contributed by atoms with van der Waals surface area (Å²) < 4.78 is 21.4. The van der Waals surface area contributed by atoms with Gasteiger partial charge in [-0.25, -0.2) is 4.39 Å². The second-order valence-electron chi connectivity index (χ2n) is 6.70. The Morgan fingerprint density at radius 3 is 2.39 bits per heavy atom. The normalized spacial score (nSPS) is 11.0. The number of nitrogens with zero attached hydrogens (tertiary/aromatic N) is 3. The highest BCUT2D eigenvalue weighted by atomic mass is 35.5. The molecule has 0 aliphatic carbocycles. The molecule has 0 radical (unpaired) electrons. The predicted octanol–water partition coefficient (Wildman–Crippen LogP) is 7.57. The summed E-state index contributed by atoms with van der Waals surface area (Å²) in [6.07, 6.45) is 0. The van der Waals surface area contributed by atoms with Crippen LogP contribution in [0.2, 0.25) is 20.1 Å². The van der Waals surface area contributed by atoms with Crippen LogP contribution in [0.3, 0.4) is 0 Å². The fourth-order valence-electron chi connectivity index (χ4n) is 3.01. The first kappa shape index (κ1) is 21.9. The molecule has 0 N–H and O–H groups in total. The average molecular weight is 497 g/mol. The highest BCUT2D eigenvalue weighted by Crippen LogP contribution is 2.32. The minimum absolute atomic E-state index is 0.0282. The molecule has 0 bridgehead atoms. The molecule has 0 saturated carbocycles. The molecule has 0 unspecified atom stereocenters. The van der Waals surface area contributed by atoms with Gasteiger partial charge in [-0.05, 0) is 67.1 Å². The molecule has 9 heteroatoms. The van der Waals surface area contributed by atoms with Crippen LogP contribution >= 0.6 is 46.4 Å². The number of rotatable bonds is 5. The number of hydrogen-bond acceptors (Lipinski definition) is 3. The Labute approximate surface area is 198 Å². The second-order valence-corrected chi connectivity index (χ2v) is 8.36. The van der Waals surface area contributed by atoms with E-state index in [0.29, 0.717) is 43.7 Å². The molecule has 0 aliphatic rings. The molecule has 0 saturated heterocycles. The first-order valence-corrected chi connectivity index (χ1v) is 10.6. The van der Waals surface area contributed by atoms with Crippen molar-refractivity contribution in [2.75, 3.05) is 0 Å². The lowest BCUT2D eigenvalue weighted by Crippen LogP contribution is -2.07. The zero-order chi connectivity index (χ0) is 22.1. The first-order chi connectivity index (χ1) is 14.8. The van der Waals surface area contributed by atoms with Gasteiger partial charge in [0, 0.05) is 15.6 Å². The molecule has 0 aliphatic heterocycles. The summed E-state index contributed by atoms with van der Waals surface area (Å²) in [5, 5.41) is 10.1. The number of aryl methyl sites for hydroxylation is 1. The maximum atomic E-state index is 13.8. The van der Waals surface area contributed by atoms with E-state index in [1.165, 1.54) is 12.1 Å². The standard InChI is InChI=1S/C22H14Cl4FN3O/c1-12-8-15(4-6-17(12)24)31-11-21-28-29-22(16-5-2-13(23)9-18(16)25)30(21)14-3-7-20(27)19(26)10-14/h2-10H,11H2,1H3. The number of aromatic nitrogens is 3. The van der Waals surface area contributed by atoms with Gasteiger partial charge in [0.05, 0.1) is 15.7 Å². The van der Waals surface area contributed by atoms with Crippen LogP contribution in [0.4, 0.5) is 4.39 Å². The monoisotopic (exact) mass is 495 g/mol. The van der Waals surface area contributed by atoms with Crippen LogP contribution in [0.25, 0.3) is 17.1 Å². The van der Waals surface area contributed by atoms with Gasteiger partial charge in [-0.3, -0.25) is 4.57 Å². The van der Waals surface area contributed by atoms with Crippen molar-refractivity contribution in [2.45, 2.75) is 13.5 Å². The van der Waals surface area contributed by atoms with Crippen LogP contribution in [0.15, 0.2) is 54.6 Å². The second kappa shape index (κ2) is 9.05. The van der Waals surface area contributed by atoms with Crippen LogP contribution in [-0.2, 0) is 6.61 Å². The van der Waals surface area contributed by atoms with Gasteiger partial charge in [0.1, 0.15) is 18.2 Å². The van der Waals surface area contributed by atoms with E-state index in [-0.39, 0.29) is 11.6 Å². The van der Waals surface area contributed by atoms with E-state index in [2.05, 4.69) is 10.2 Å². The third-order valence-electron chi connectivity index (χ3n) is 4.56. The van der Waals surface area contributed by atoms with Crippen molar-refractivity contribution in [2.24, 2.45) is 0 Å². The molecule has 0 spiro atoms. The maximum Gasteiger partial charge on any atom is 0.175 e. The van der Waals surface area contributed by atoms with Crippen molar-refractivity contribution in [3.05, 3.63) is 91.9 Å². The topological polar surface area (TPSA) is 39.9 Å². The summed E-state index contributed by atoms with van der Waals surface area (Å²) in [6.45, 7) is 1.98. The van der Waals surface area contributed by atoms with Crippen LogP contribution in [-0.4, -0.2) is 14.8 Å². The predicted molar refractivity (Wildman–Crippen MR) is 122 cm³/mol. The quantitative estimate of drug-likeness (QED) is 0.286. The van der Waals surface area contributed by atoms with Crippen LogP contribution < -0.4 is 4.74 Å². The maximum absolute atomic E-state index is 13.8. The summed E-state index contributed by atoms with van der Waals surface area (Å²) in [7, 11) is 0. The van der Waals surface area contributed by atoms with Gasteiger partial charge in [-0.15, -0.1) is 10.2 Å². The highest BCUT2D eigenvalue weighted by Gasteiger charge is 2.19.